The van der Waals surface area contributed by atoms with Gasteiger partial charge in [-0.15, -0.1) is 11.3 Å². The summed E-state index contributed by atoms with van der Waals surface area (Å²) in [4.78, 5) is 23.7. The highest BCUT2D eigenvalue weighted by Crippen LogP contribution is 2.35. The summed E-state index contributed by atoms with van der Waals surface area (Å²) in [5.41, 5.74) is 6.54. The predicted molar refractivity (Wildman–Crippen MR) is 82.9 cm³/mol. The third-order valence-corrected chi connectivity index (χ3v) is 3.93. The standard InChI is InChI=1S/C14H15N3O3S/c1-16-14(19)17-13-10(12(15)18)7-11(21-13)8-3-5-9(20-2)6-4-8/h3-7H,1-2H3,(H2,15,18)(H2,16,17,19). The van der Waals surface area contributed by atoms with Crippen LogP contribution in [-0.2, 0) is 0 Å². The fourth-order valence-corrected chi connectivity index (χ4v) is 2.79. The van der Waals surface area contributed by atoms with E-state index in [1.807, 2.05) is 24.3 Å². The van der Waals surface area contributed by atoms with Gasteiger partial charge < -0.3 is 15.8 Å². The van der Waals surface area contributed by atoms with E-state index in [1.54, 1.807) is 13.2 Å². The third-order valence-electron chi connectivity index (χ3n) is 2.83. The average Bonchev–Trinajstić information content (AvgIpc) is 2.91. The number of primary amides is 1. The van der Waals surface area contributed by atoms with E-state index in [-0.39, 0.29) is 5.56 Å². The topological polar surface area (TPSA) is 93.4 Å². The van der Waals surface area contributed by atoms with Gasteiger partial charge in [0.25, 0.3) is 5.91 Å². The highest BCUT2D eigenvalue weighted by atomic mass is 32.1. The lowest BCUT2D eigenvalue weighted by Gasteiger charge is -2.02. The summed E-state index contributed by atoms with van der Waals surface area (Å²) in [6.45, 7) is 0. The lowest BCUT2D eigenvalue weighted by molar-refractivity contribution is 0.100. The Morgan fingerprint density at radius 3 is 2.43 bits per heavy atom. The minimum absolute atomic E-state index is 0.286. The summed E-state index contributed by atoms with van der Waals surface area (Å²) in [6.07, 6.45) is 0. The lowest BCUT2D eigenvalue weighted by Crippen LogP contribution is -2.25. The number of nitrogens with one attached hydrogen (secondary N) is 2. The van der Waals surface area contributed by atoms with Crippen molar-refractivity contribution < 1.29 is 14.3 Å². The molecule has 7 heteroatoms. The molecule has 2 rings (SSSR count). The molecule has 3 amide bonds. The Morgan fingerprint density at radius 2 is 1.90 bits per heavy atom. The Kier molecular flexibility index (Phi) is 4.44. The number of rotatable bonds is 4. The first kappa shape index (κ1) is 14.9. The first-order chi connectivity index (χ1) is 10.0. The van der Waals surface area contributed by atoms with Gasteiger partial charge in [-0.1, -0.05) is 0 Å². The van der Waals surface area contributed by atoms with E-state index < -0.39 is 11.9 Å². The van der Waals surface area contributed by atoms with Gasteiger partial charge in [0.15, 0.2) is 0 Å². The van der Waals surface area contributed by atoms with Crippen molar-refractivity contribution in [1.82, 2.24) is 5.32 Å². The molecule has 0 aliphatic heterocycles. The maximum Gasteiger partial charge on any atom is 0.319 e. The molecule has 0 aliphatic rings. The number of nitrogens with two attached hydrogens (primary N) is 1. The summed E-state index contributed by atoms with van der Waals surface area (Å²) in [7, 11) is 3.09. The largest absolute Gasteiger partial charge is 0.497 e. The van der Waals surface area contributed by atoms with Crippen LogP contribution in [0.15, 0.2) is 30.3 Å². The Balaban J connectivity index is 2.37. The van der Waals surface area contributed by atoms with Crippen molar-refractivity contribution in [2.24, 2.45) is 5.73 Å². The second kappa shape index (κ2) is 6.27. The third kappa shape index (κ3) is 3.32. The maximum atomic E-state index is 11.5. The molecule has 6 nitrogen and oxygen atoms in total. The number of amides is 3. The fraction of sp³-hybridized carbons (Fsp3) is 0.143. The Hall–Kier alpha value is -2.54. The number of benzene rings is 1. The Morgan fingerprint density at radius 1 is 1.24 bits per heavy atom. The van der Waals surface area contributed by atoms with Crippen LogP contribution >= 0.6 is 11.3 Å². The van der Waals surface area contributed by atoms with E-state index >= 15 is 0 Å². The number of carbonyl (C=O) groups is 2. The minimum Gasteiger partial charge on any atom is -0.497 e. The molecule has 1 aromatic carbocycles. The number of anilines is 1. The van der Waals surface area contributed by atoms with Crippen molar-refractivity contribution in [3.63, 3.8) is 0 Å². The number of ether oxygens (including phenoxy) is 1. The SMILES string of the molecule is CNC(=O)Nc1sc(-c2ccc(OC)cc2)cc1C(N)=O. The van der Waals surface area contributed by atoms with Crippen LogP contribution in [0.5, 0.6) is 5.75 Å². The quantitative estimate of drug-likeness (QED) is 0.809. The van der Waals surface area contributed by atoms with Gasteiger partial charge in [-0.05, 0) is 35.9 Å². The van der Waals surface area contributed by atoms with Gasteiger partial charge in [0.1, 0.15) is 10.8 Å². The molecule has 0 fully saturated rings. The van der Waals surface area contributed by atoms with Gasteiger partial charge in [0.05, 0.1) is 12.7 Å². The number of carbonyl (C=O) groups excluding carboxylic acids is 2. The molecule has 0 radical (unpaired) electrons. The molecule has 110 valence electrons. The van der Waals surface area contributed by atoms with Crippen LogP contribution in [-0.4, -0.2) is 26.1 Å². The summed E-state index contributed by atoms with van der Waals surface area (Å²) in [5, 5.41) is 5.45. The van der Waals surface area contributed by atoms with Crippen molar-refractivity contribution in [2.75, 3.05) is 19.5 Å². The van der Waals surface area contributed by atoms with Crippen LogP contribution in [0.2, 0.25) is 0 Å². The summed E-state index contributed by atoms with van der Waals surface area (Å²) in [5.74, 6) is 0.159. The second-order valence-electron chi connectivity index (χ2n) is 4.15. The van der Waals surface area contributed by atoms with Crippen molar-refractivity contribution in [2.45, 2.75) is 0 Å². The highest BCUT2D eigenvalue weighted by molar-refractivity contribution is 7.20. The monoisotopic (exact) mass is 305 g/mol. The van der Waals surface area contributed by atoms with Crippen LogP contribution in [0.3, 0.4) is 0 Å². The van der Waals surface area contributed by atoms with E-state index in [1.165, 1.54) is 18.4 Å². The molecule has 1 aromatic heterocycles. The zero-order chi connectivity index (χ0) is 15.4. The molecule has 0 saturated carbocycles. The Bertz CT molecular complexity index is 665. The highest BCUT2D eigenvalue weighted by Gasteiger charge is 2.16. The smallest absolute Gasteiger partial charge is 0.319 e. The number of thiophene rings is 1. The van der Waals surface area contributed by atoms with Gasteiger partial charge in [0.2, 0.25) is 0 Å². The maximum absolute atomic E-state index is 11.5. The van der Waals surface area contributed by atoms with Crippen molar-refractivity contribution in [1.29, 1.82) is 0 Å². The van der Waals surface area contributed by atoms with Gasteiger partial charge in [-0.2, -0.15) is 0 Å². The molecular formula is C14H15N3O3S. The van der Waals surface area contributed by atoms with E-state index in [2.05, 4.69) is 10.6 Å². The van der Waals surface area contributed by atoms with Gasteiger partial charge in [0, 0.05) is 11.9 Å². The molecule has 0 unspecified atom stereocenters. The number of hydrogen-bond donors (Lipinski definition) is 3. The molecule has 21 heavy (non-hydrogen) atoms. The predicted octanol–water partition coefficient (Wildman–Crippen LogP) is 2.27. The van der Waals surface area contributed by atoms with E-state index in [9.17, 15) is 9.59 Å². The van der Waals surface area contributed by atoms with E-state index in [0.29, 0.717) is 5.00 Å². The molecule has 0 spiro atoms. The molecule has 0 bridgehead atoms. The van der Waals surface area contributed by atoms with Crippen LogP contribution in [0.4, 0.5) is 9.80 Å². The van der Waals surface area contributed by atoms with Crippen LogP contribution in [0.25, 0.3) is 10.4 Å². The van der Waals surface area contributed by atoms with Gasteiger partial charge >= 0.3 is 6.03 Å². The molecule has 1 heterocycles. The minimum atomic E-state index is -0.586. The summed E-state index contributed by atoms with van der Waals surface area (Å²) >= 11 is 1.28. The van der Waals surface area contributed by atoms with Crippen LogP contribution in [0, 0.1) is 0 Å². The fourth-order valence-electron chi connectivity index (χ4n) is 1.73. The molecule has 0 aliphatic carbocycles. The zero-order valence-corrected chi connectivity index (χ0v) is 12.4. The summed E-state index contributed by atoms with van der Waals surface area (Å²) < 4.78 is 5.10. The number of hydrogen-bond acceptors (Lipinski definition) is 4. The number of methoxy groups -OCH3 is 1. The van der Waals surface area contributed by atoms with Crippen molar-refractivity contribution >= 4 is 28.3 Å². The van der Waals surface area contributed by atoms with Gasteiger partial charge in [-0.3, -0.25) is 10.1 Å². The van der Waals surface area contributed by atoms with Crippen molar-refractivity contribution in [3.8, 4) is 16.2 Å². The molecule has 0 atom stereocenters. The van der Waals surface area contributed by atoms with Crippen LogP contribution < -0.4 is 21.1 Å². The Labute approximate surface area is 125 Å². The van der Waals surface area contributed by atoms with E-state index in [4.69, 9.17) is 10.5 Å². The first-order valence-electron chi connectivity index (χ1n) is 6.12. The molecular weight excluding hydrogens is 290 g/mol. The lowest BCUT2D eigenvalue weighted by atomic mass is 10.1. The summed E-state index contributed by atoms with van der Waals surface area (Å²) in [6, 6.07) is 8.66. The number of urea groups is 1. The first-order valence-corrected chi connectivity index (χ1v) is 6.93. The van der Waals surface area contributed by atoms with Crippen molar-refractivity contribution in [3.05, 3.63) is 35.9 Å². The second-order valence-corrected chi connectivity index (χ2v) is 5.20. The molecule has 0 saturated heterocycles. The zero-order valence-electron chi connectivity index (χ0n) is 11.6. The van der Waals surface area contributed by atoms with Crippen LogP contribution in [0.1, 0.15) is 10.4 Å². The average molecular weight is 305 g/mol. The van der Waals surface area contributed by atoms with Gasteiger partial charge in [-0.25, -0.2) is 4.79 Å². The van der Waals surface area contributed by atoms with E-state index in [0.717, 1.165) is 16.2 Å². The molecule has 4 N–H and O–H groups in total. The normalized spacial score (nSPS) is 10.0. The molecule has 2 aromatic rings.